The van der Waals surface area contributed by atoms with Gasteiger partial charge in [0, 0.05) is 6.42 Å². The van der Waals surface area contributed by atoms with E-state index in [-0.39, 0.29) is 5.82 Å². The quantitative estimate of drug-likeness (QED) is 0.538. The van der Waals surface area contributed by atoms with Gasteiger partial charge in [-0.1, -0.05) is 6.92 Å². The smallest absolute Gasteiger partial charge is 0.395 e. The molecule has 0 fully saturated rings. The van der Waals surface area contributed by atoms with Crippen LogP contribution in [0.25, 0.3) is 0 Å². The molecule has 1 rings (SSSR count). The van der Waals surface area contributed by atoms with Gasteiger partial charge in [-0.05, 0) is 6.42 Å². The van der Waals surface area contributed by atoms with Crippen LogP contribution in [0.1, 0.15) is 19.2 Å². The van der Waals surface area contributed by atoms with Crippen molar-refractivity contribution in [3.63, 3.8) is 0 Å². The van der Waals surface area contributed by atoms with Crippen LogP contribution in [-0.4, -0.2) is 20.0 Å². The minimum absolute atomic E-state index is 0.251. The molecule has 0 amide bonds. The Morgan fingerprint density at radius 1 is 1.64 bits per heavy atom. The summed E-state index contributed by atoms with van der Waals surface area (Å²) >= 11 is 0. The fraction of sp³-hybridized carbons (Fsp3) is 0.429. The predicted octanol–water partition coefficient (Wildman–Crippen LogP) is 0.336. The average Bonchev–Trinajstić information content (AvgIpc) is 2.01. The van der Waals surface area contributed by atoms with E-state index in [9.17, 15) is 14.9 Å². The fourth-order valence-corrected chi connectivity index (χ4v) is 1.02. The minimum atomic E-state index is -0.961. The number of nitrogens with zero attached hydrogens (tertiary/aromatic N) is 2. The van der Waals surface area contributed by atoms with Crippen LogP contribution in [0.15, 0.2) is 4.79 Å². The van der Waals surface area contributed by atoms with E-state index in [0.717, 1.165) is 6.42 Å². The molecular weight excluding hydrogens is 190 g/mol. The highest BCUT2D eigenvalue weighted by Gasteiger charge is 2.21. The molecule has 2 N–H and O–H groups in total. The second kappa shape index (κ2) is 3.86. The summed E-state index contributed by atoms with van der Waals surface area (Å²) in [5.74, 6) is -0.581. The fourth-order valence-electron chi connectivity index (χ4n) is 1.02. The summed E-state index contributed by atoms with van der Waals surface area (Å²) < 4.78 is 0. The summed E-state index contributed by atoms with van der Waals surface area (Å²) in [7, 11) is 0. The normalized spacial score (nSPS) is 10.1. The molecule has 0 aliphatic rings. The van der Waals surface area contributed by atoms with Crippen LogP contribution in [0.2, 0.25) is 0 Å². The van der Waals surface area contributed by atoms with Crippen molar-refractivity contribution < 1.29 is 10.0 Å². The zero-order valence-corrected chi connectivity index (χ0v) is 7.48. The van der Waals surface area contributed by atoms with Gasteiger partial charge in [0.1, 0.15) is 5.82 Å². The molecule has 7 nitrogen and oxygen atoms in total. The summed E-state index contributed by atoms with van der Waals surface area (Å²) in [6.45, 7) is 1.86. The highest BCUT2D eigenvalue weighted by Crippen LogP contribution is 2.16. The van der Waals surface area contributed by atoms with Crippen LogP contribution in [0.4, 0.5) is 5.69 Å². The second-order valence-corrected chi connectivity index (χ2v) is 2.69. The Bertz CT molecular complexity index is 412. The Hall–Kier alpha value is -1.92. The van der Waals surface area contributed by atoms with Crippen LogP contribution in [0, 0.1) is 10.1 Å². The first-order valence-corrected chi connectivity index (χ1v) is 4.02. The lowest BCUT2D eigenvalue weighted by Gasteiger charge is -1.98. The number of nitrogens with one attached hydrogen (secondary N) is 1. The van der Waals surface area contributed by atoms with Crippen LogP contribution in [0.5, 0.6) is 5.88 Å². The van der Waals surface area contributed by atoms with Crippen molar-refractivity contribution in [3.8, 4) is 5.88 Å². The number of aryl methyl sites for hydroxylation is 1. The molecule has 1 heterocycles. The van der Waals surface area contributed by atoms with Crippen LogP contribution >= 0.6 is 0 Å². The van der Waals surface area contributed by atoms with Crippen molar-refractivity contribution in [2.75, 3.05) is 0 Å². The third kappa shape index (κ3) is 1.87. The monoisotopic (exact) mass is 199 g/mol. The minimum Gasteiger partial charge on any atom is -0.488 e. The first-order valence-electron chi connectivity index (χ1n) is 4.02. The summed E-state index contributed by atoms with van der Waals surface area (Å²) in [5.41, 5.74) is -1.84. The molecule has 7 heteroatoms. The molecule has 0 aromatic carbocycles. The highest BCUT2D eigenvalue weighted by atomic mass is 16.6. The molecule has 1 aromatic rings. The maximum absolute atomic E-state index is 11.1. The van der Waals surface area contributed by atoms with Gasteiger partial charge in [0.25, 0.3) is 5.88 Å². The standard InChI is InChI=1S/C7H9N3O4/c1-2-3-4-8-6(11)5(10(13)14)7(12)9-4/h2-3H2,1H3,(H2,8,9,11,12). The molecule has 14 heavy (non-hydrogen) atoms. The molecule has 76 valence electrons. The molecule has 1 aromatic heterocycles. The van der Waals surface area contributed by atoms with Gasteiger partial charge in [0.2, 0.25) is 0 Å². The van der Waals surface area contributed by atoms with E-state index < -0.39 is 22.0 Å². The van der Waals surface area contributed by atoms with Crippen molar-refractivity contribution in [2.24, 2.45) is 0 Å². The third-order valence-electron chi connectivity index (χ3n) is 1.59. The van der Waals surface area contributed by atoms with E-state index >= 15 is 0 Å². The number of nitro groups is 1. The Morgan fingerprint density at radius 2 is 2.29 bits per heavy atom. The Kier molecular flexibility index (Phi) is 2.80. The van der Waals surface area contributed by atoms with Crippen molar-refractivity contribution >= 4 is 5.69 Å². The largest absolute Gasteiger partial charge is 0.488 e. The van der Waals surface area contributed by atoms with Gasteiger partial charge in [-0.2, -0.15) is 4.98 Å². The van der Waals surface area contributed by atoms with Gasteiger partial charge in [0.05, 0.1) is 4.92 Å². The number of hydrogen-bond donors (Lipinski definition) is 2. The molecule has 0 aliphatic carbocycles. The lowest BCUT2D eigenvalue weighted by Crippen LogP contribution is -2.15. The maximum Gasteiger partial charge on any atom is 0.395 e. The van der Waals surface area contributed by atoms with Gasteiger partial charge >= 0.3 is 11.2 Å². The predicted molar refractivity (Wildman–Crippen MR) is 47.2 cm³/mol. The number of hydrogen-bond acceptors (Lipinski definition) is 5. The van der Waals surface area contributed by atoms with E-state index in [4.69, 9.17) is 5.11 Å². The van der Waals surface area contributed by atoms with Gasteiger partial charge in [-0.15, -0.1) is 0 Å². The Morgan fingerprint density at radius 3 is 2.71 bits per heavy atom. The van der Waals surface area contributed by atoms with Crippen molar-refractivity contribution in [1.29, 1.82) is 0 Å². The molecular formula is C7H9N3O4. The first-order chi connectivity index (χ1) is 6.56. The van der Waals surface area contributed by atoms with Crippen LogP contribution in [-0.2, 0) is 6.42 Å². The van der Waals surface area contributed by atoms with Crippen molar-refractivity contribution in [2.45, 2.75) is 19.8 Å². The Balaban J connectivity index is 3.25. The van der Waals surface area contributed by atoms with E-state index in [2.05, 4.69) is 9.97 Å². The zero-order chi connectivity index (χ0) is 10.7. The van der Waals surface area contributed by atoms with E-state index in [1.165, 1.54) is 0 Å². The molecule has 0 atom stereocenters. The summed E-state index contributed by atoms with van der Waals surface area (Å²) in [6.07, 6.45) is 1.18. The Labute approximate surface area is 78.6 Å². The summed E-state index contributed by atoms with van der Waals surface area (Å²) in [6, 6.07) is 0. The van der Waals surface area contributed by atoms with Crippen molar-refractivity contribution in [1.82, 2.24) is 9.97 Å². The average molecular weight is 199 g/mol. The number of aromatic amines is 1. The molecule has 0 unspecified atom stereocenters. The first kappa shape index (κ1) is 10.2. The van der Waals surface area contributed by atoms with Gasteiger partial charge in [-0.3, -0.25) is 14.9 Å². The maximum atomic E-state index is 11.1. The van der Waals surface area contributed by atoms with Crippen molar-refractivity contribution in [3.05, 3.63) is 26.3 Å². The molecule has 0 aliphatic heterocycles. The van der Waals surface area contributed by atoms with E-state index in [1.54, 1.807) is 0 Å². The summed E-state index contributed by atoms with van der Waals surface area (Å²) in [5, 5.41) is 19.4. The van der Waals surface area contributed by atoms with E-state index in [0.29, 0.717) is 6.42 Å². The molecule has 0 saturated carbocycles. The zero-order valence-electron chi connectivity index (χ0n) is 7.48. The van der Waals surface area contributed by atoms with E-state index in [1.807, 2.05) is 6.92 Å². The second-order valence-electron chi connectivity index (χ2n) is 2.69. The third-order valence-corrected chi connectivity index (χ3v) is 1.59. The SMILES string of the molecule is CCCc1nc(O)c([N+](=O)[O-])c(=O)[nH]1. The molecule has 0 bridgehead atoms. The lowest BCUT2D eigenvalue weighted by molar-refractivity contribution is -0.387. The highest BCUT2D eigenvalue weighted by molar-refractivity contribution is 5.36. The number of H-pyrrole nitrogens is 1. The molecule has 0 saturated heterocycles. The van der Waals surface area contributed by atoms with Crippen LogP contribution < -0.4 is 5.56 Å². The van der Waals surface area contributed by atoms with Gasteiger partial charge < -0.3 is 10.1 Å². The number of aromatic hydroxyl groups is 1. The lowest BCUT2D eigenvalue weighted by atomic mass is 10.3. The molecule has 0 radical (unpaired) electrons. The molecule has 0 spiro atoms. The number of aromatic nitrogens is 2. The van der Waals surface area contributed by atoms with Gasteiger partial charge in [0.15, 0.2) is 0 Å². The van der Waals surface area contributed by atoms with Crippen LogP contribution in [0.3, 0.4) is 0 Å². The number of rotatable bonds is 3. The van der Waals surface area contributed by atoms with Gasteiger partial charge in [-0.25, -0.2) is 0 Å². The summed E-state index contributed by atoms with van der Waals surface area (Å²) in [4.78, 5) is 26.1. The topological polar surface area (TPSA) is 109 Å².